The van der Waals surface area contributed by atoms with Gasteiger partial charge in [-0.15, -0.1) is 21.5 Å². The number of ether oxygens (including phenoxy) is 1. The smallest absolute Gasteiger partial charge is 0.358 e. The number of rotatable bonds is 5. The van der Waals surface area contributed by atoms with Gasteiger partial charge in [0.05, 0.1) is 10.6 Å². The fraction of sp³-hybridized carbons (Fsp3) is 0.0526. The lowest BCUT2D eigenvalue weighted by Crippen LogP contribution is -2.05. The zero-order valence-electron chi connectivity index (χ0n) is 14.1. The van der Waals surface area contributed by atoms with Crippen LogP contribution in [-0.2, 0) is 11.3 Å². The van der Waals surface area contributed by atoms with Crippen molar-refractivity contribution in [2.24, 2.45) is 0 Å². The Bertz CT molecular complexity index is 1140. The highest BCUT2D eigenvalue weighted by molar-refractivity contribution is 7.13. The third-order valence-corrected chi connectivity index (χ3v) is 5.14. The Morgan fingerprint density at radius 1 is 1.11 bits per heavy atom. The van der Waals surface area contributed by atoms with Crippen molar-refractivity contribution in [1.82, 2.24) is 15.2 Å². The minimum Gasteiger partial charge on any atom is -0.451 e. The molecule has 0 fully saturated rings. The number of hydrogen-bond acceptors (Lipinski definition) is 7. The van der Waals surface area contributed by atoms with Crippen LogP contribution in [0.5, 0.6) is 0 Å². The molecule has 0 amide bonds. The standard InChI is InChI=1S/C19H11Cl2N3O3S/c20-12-5-3-4-11(8-12)18-22-15(10-28-18)19(25)26-9-16-23-24-17(27-16)13-6-1-2-7-14(13)21/h1-8,10H,9H2. The summed E-state index contributed by atoms with van der Waals surface area (Å²) in [6, 6.07) is 14.3. The summed E-state index contributed by atoms with van der Waals surface area (Å²) in [5.41, 5.74) is 1.64. The van der Waals surface area contributed by atoms with E-state index in [0.717, 1.165) is 5.56 Å². The molecule has 0 atom stereocenters. The lowest BCUT2D eigenvalue weighted by atomic mass is 10.2. The Morgan fingerprint density at radius 2 is 1.96 bits per heavy atom. The second-order valence-corrected chi connectivity index (χ2v) is 7.31. The third kappa shape index (κ3) is 4.06. The molecule has 0 N–H and O–H groups in total. The molecule has 0 aliphatic carbocycles. The SMILES string of the molecule is O=C(OCc1nnc(-c2ccccc2Cl)o1)c1csc(-c2cccc(Cl)c2)n1. The number of thiazole rings is 1. The average Bonchev–Trinajstić information content (AvgIpc) is 3.36. The van der Waals surface area contributed by atoms with Crippen molar-refractivity contribution in [2.45, 2.75) is 6.61 Å². The number of carbonyl (C=O) groups excluding carboxylic acids is 1. The summed E-state index contributed by atoms with van der Waals surface area (Å²) in [7, 11) is 0. The Labute approximate surface area is 173 Å². The van der Waals surface area contributed by atoms with Crippen molar-refractivity contribution in [3.63, 3.8) is 0 Å². The summed E-state index contributed by atoms with van der Waals surface area (Å²) in [5.74, 6) is -0.163. The van der Waals surface area contributed by atoms with Crippen LogP contribution >= 0.6 is 34.5 Å². The molecular formula is C19H11Cl2N3O3S. The van der Waals surface area contributed by atoms with Crippen molar-refractivity contribution in [2.75, 3.05) is 0 Å². The van der Waals surface area contributed by atoms with E-state index in [1.54, 1.807) is 35.7 Å². The molecule has 0 saturated heterocycles. The molecule has 0 unspecified atom stereocenters. The molecular weight excluding hydrogens is 421 g/mol. The van der Waals surface area contributed by atoms with Crippen LogP contribution in [-0.4, -0.2) is 21.2 Å². The maximum atomic E-state index is 12.2. The molecule has 0 radical (unpaired) electrons. The molecule has 4 rings (SSSR count). The summed E-state index contributed by atoms with van der Waals surface area (Å²) in [5, 5.41) is 11.2. The van der Waals surface area contributed by atoms with Crippen LogP contribution in [0.25, 0.3) is 22.0 Å². The summed E-state index contributed by atoms with van der Waals surface area (Å²) in [6.07, 6.45) is 0. The fourth-order valence-corrected chi connectivity index (χ4v) is 3.57. The Balaban J connectivity index is 1.42. The van der Waals surface area contributed by atoms with Gasteiger partial charge in [-0.3, -0.25) is 0 Å². The van der Waals surface area contributed by atoms with Gasteiger partial charge in [-0.25, -0.2) is 9.78 Å². The first-order chi connectivity index (χ1) is 13.6. The van der Waals surface area contributed by atoms with Crippen LogP contribution in [0.2, 0.25) is 10.0 Å². The van der Waals surface area contributed by atoms with Crippen molar-refractivity contribution in [3.8, 4) is 22.0 Å². The van der Waals surface area contributed by atoms with Crippen LogP contribution in [0.15, 0.2) is 58.3 Å². The summed E-state index contributed by atoms with van der Waals surface area (Å²) in [4.78, 5) is 16.5. The van der Waals surface area contributed by atoms with Gasteiger partial charge in [-0.2, -0.15) is 0 Å². The maximum absolute atomic E-state index is 12.2. The second kappa shape index (κ2) is 8.10. The van der Waals surface area contributed by atoms with Gasteiger partial charge < -0.3 is 9.15 Å². The predicted octanol–water partition coefficient (Wildman–Crippen LogP) is 5.52. The number of esters is 1. The quantitative estimate of drug-likeness (QED) is 0.386. The van der Waals surface area contributed by atoms with E-state index in [0.29, 0.717) is 20.6 Å². The number of benzene rings is 2. The minimum atomic E-state index is -0.581. The van der Waals surface area contributed by atoms with Crippen molar-refractivity contribution in [3.05, 3.63) is 75.5 Å². The van der Waals surface area contributed by atoms with E-state index in [4.69, 9.17) is 32.4 Å². The molecule has 2 aromatic carbocycles. The van der Waals surface area contributed by atoms with Crippen LogP contribution < -0.4 is 0 Å². The normalized spacial score (nSPS) is 10.8. The number of hydrogen-bond donors (Lipinski definition) is 0. The van der Waals surface area contributed by atoms with Gasteiger partial charge in [0.25, 0.3) is 5.89 Å². The zero-order chi connectivity index (χ0) is 19.5. The lowest BCUT2D eigenvalue weighted by Gasteiger charge is -1.99. The van der Waals surface area contributed by atoms with Crippen LogP contribution in [0, 0.1) is 0 Å². The molecule has 0 spiro atoms. The van der Waals surface area contributed by atoms with Gasteiger partial charge in [0.15, 0.2) is 12.3 Å². The van der Waals surface area contributed by atoms with Crippen LogP contribution in [0.4, 0.5) is 0 Å². The lowest BCUT2D eigenvalue weighted by molar-refractivity contribution is 0.0433. The largest absolute Gasteiger partial charge is 0.451 e. The van der Waals surface area contributed by atoms with E-state index in [-0.39, 0.29) is 24.1 Å². The molecule has 4 aromatic rings. The van der Waals surface area contributed by atoms with E-state index in [2.05, 4.69) is 15.2 Å². The predicted molar refractivity (Wildman–Crippen MR) is 106 cm³/mol. The number of halogens is 2. The summed E-state index contributed by atoms with van der Waals surface area (Å²) in [6.45, 7) is -0.166. The van der Waals surface area contributed by atoms with Crippen molar-refractivity contribution in [1.29, 1.82) is 0 Å². The molecule has 2 heterocycles. The van der Waals surface area contributed by atoms with E-state index in [1.165, 1.54) is 11.3 Å². The highest BCUT2D eigenvalue weighted by Crippen LogP contribution is 2.27. The van der Waals surface area contributed by atoms with E-state index in [1.807, 2.05) is 18.2 Å². The van der Waals surface area contributed by atoms with Gasteiger partial charge in [-0.05, 0) is 24.3 Å². The molecule has 0 bridgehead atoms. The van der Waals surface area contributed by atoms with E-state index >= 15 is 0 Å². The topological polar surface area (TPSA) is 78.1 Å². The maximum Gasteiger partial charge on any atom is 0.358 e. The first-order valence-electron chi connectivity index (χ1n) is 8.06. The Kier molecular flexibility index (Phi) is 5.38. The molecule has 0 aliphatic heterocycles. The Morgan fingerprint density at radius 3 is 2.79 bits per heavy atom. The minimum absolute atomic E-state index is 0.161. The zero-order valence-corrected chi connectivity index (χ0v) is 16.5. The first kappa shape index (κ1) is 18.6. The van der Waals surface area contributed by atoms with Gasteiger partial charge in [0.2, 0.25) is 5.89 Å². The molecule has 28 heavy (non-hydrogen) atoms. The second-order valence-electron chi connectivity index (χ2n) is 5.61. The average molecular weight is 432 g/mol. The fourth-order valence-electron chi connectivity index (χ4n) is 2.38. The van der Waals surface area contributed by atoms with Crippen molar-refractivity contribution >= 4 is 40.5 Å². The summed E-state index contributed by atoms with van der Waals surface area (Å²) >= 11 is 13.4. The number of aromatic nitrogens is 3. The van der Waals surface area contributed by atoms with Crippen molar-refractivity contribution < 1.29 is 13.9 Å². The van der Waals surface area contributed by atoms with Crippen LogP contribution in [0.1, 0.15) is 16.4 Å². The van der Waals surface area contributed by atoms with E-state index < -0.39 is 5.97 Å². The summed E-state index contributed by atoms with van der Waals surface area (Å²) < 4.78 is 10.7. The van der Waals surface area contributed by atoms with E-state index in [9.17, 15) is 4.79 Å². The van der Waals surface area contributed by atoms with Crippen LogP contribution in [0.3, 0.4) is 0 Å². The molecule has 6 nitrogen and oxygen atoms in total. The molecule has 2 aromatic heterocycles. The van der Waals surface area contributed by atoms with Gasteiger partial charge in [0, 0.05) is 16.0 Å². The van der Waals surface area contributed by atoms with Gasteiger partial charge in [-0.1, -0.05) is 47.5 Å². The highest BCUT2D eigenvalue weighted by atomic mass is 35.5. The highest BCUT2D eigenvalue weighted by Gasteiger charge is 2.16. The number of carbonyl (C=O) groups is 1. The third-order valence-electron chi connectivity index (χ3n) is 3.68. The van der Waals surface area contributed by atoms with Gasteiger partial charge >= 0.3 is 5.97 Å². The number of nitrogens with zero attached hydrogens (tertiary/aromatic N) is 3. The molecule has 0 aliphatic rings. The monoisotopic (exact) mass is 431 g/mol. The first-order valence-corrected chi connectivity index (χ1v) is 9.69. The molecule has 140 valence electrons. The molecule has 9 heteroatoms. The Hall–Kier alpha value is -2.74. The molecule has 0 saturated carbocycles. The van der Waals surface area contributed by atoms with Gasteiger partial charge in [0.1, 0.15) is 5.01 Å².